The van der Waals surface area contributed by atoms with Gasteiger partial charge in [-0.1, -0.05) is 6.92 Å². The van der Waals surface area contributed by atoms with Crippen molar-refractivity contribution in [3.63, 3.8) is 0 Å². The molecule has 2 rings (SSSR count). The predicted molar refractivity (Wildman–Crippen MR) is 75.6 cm³/mol. The van der Waals surface area contributed by atoms with Crippen molar-refractivity contribution in [2.75, 3.05) is 26.7 Å². The molecule has 106 valence electrons. The van der Waals surface area contributed by atoms with Gasteiger partial charge in [-0.05, 0) is 52.0 Å². The molecule has 0 aromatic carbocycles. The van der Waals surface area contributed by atoms with Crippen LogP contribution >= 0.6 is 0 Å². The van der Waals surface area contributed by atoms with Crippen LogP contribution < -0.4 is 0 Å². The Bertz CT molecular complexity index is 259. The van der Waals surface area contributed by atoms with E-state index in [-0.39, 0.29) is 6.10 Å². The summed E-state index contributed by atoms with van der Waals surface area (Å²) in [5, 5.41) is 10.2. The van der Waals surface area contributed by atoms with Crippen LogP contribution in [0.1, 0.15) is 40.0 Å². The minimum absolute atomic E-state index is 0.0635. The van der Waals surface area contributed by atoms with Crippen LogP contribution in [0.3, 0.4) is 0 Å². The van der Waals surface area contributed by atoms with Crippen molar-refractivity contribution in [2.24, 2.45) is 11.8 Å². The number of likely N-dealkylation sites (N-methyl/N-ethyl adjacent to an activating group) is 1. The van der Waals surface area contributed by atoms with Crippen LogP contribution in [0.5, 0.6) is 0 Å². The average molecular weight is 254 g/mol. The van der Waals surface area contributed by atoms with Gasteiger partial charge in [0.1, 0.15) is 0 Å². The molecule has 5 atom stereocenters. The third-order valence-corrected chi connectivity index (χ3v) is 5.13. The zero-order chi connectivity index (χ0) is 13.3. The highest BCUT2D eigenvalue weighted by molar-refractivity contribution is 4.86. The Kier molecular flexibility index (Phi) is 4.68. The van der Waals surface area contributed by atoms with E-state index in [1.165, 1.54) is 12.8 Å². The molecule has 1 saturated carbocycles. The molecule has 5 unspecified atom stereocenters. The van der Waals surface area contributed by atoms with E-state index >= 15 is 0 Å². The first-order valence-corrected chi connectivity index (χ1v) is 7.59. The van der Waals surface area contributed by atoms with E-state index in [9.17, 15) is 5.11 Å². The lowest BCUT2D eigenvalue weighted by molar-refractivity contribution is 0.000672. The largest absolute Gasteiger partial charge is 0.393 e. The summed E-state index contributed by atoms with van der Waals surface area (Å²) in [5.74, 6) is 1.29. The number of aliphatic hydroxyl groups is 1. The molecule has 1 aliphatic heterocycles. The Balaban J connectivity index is 1.89. The average Bonchev–Trinajstić information content (AvgIpc) is 2.31. The van der Waals surface area contributed by atoms with Crippen molar-refractivity contribution in [1.29, 1.82) is 0 Å². The fraction of sp³-hybridized carbons (Fsp3) is 1.00. The van der Waals surface area contributed by atoms with Crippen LogP contribution in [-0.2, 0) is 0 Å². The number of piperazine rings is 1. The third-order valence-electron chi connectivity index (χ3n) is 5.13. The second kappa shape index (κ2) is 5.89. The van der Waals surface area contributed by atoms with Crippen molar-refractivity contribution in [2.45, 2.75) is 58.2 Å². The van der Waals surface area contributed by atoms with Gasteiger partial charge in [-0.2, -0.15) is 0 Å². The maximum Gasteiger partial charge on any atom is 0.0580 e. The SMILES string of the molecule is CC1CCC(O)C(CN2CC(C)N(C)C(C)C2)C1. The maximum atomic E-state index is 10.2. The number of rotatable bonds is 2. The molecule has 3 nitrogen and oxygen atoms in total. The first-order chi connectivity index (χ1) is 8.47. The van der Waals surface area contributed by atoms with Crippen LogP contribution in [0, 0.1) is 11.8 Å². The zero-order valence-corrected chi connectivity index (χ0v) is 12.5. The van der Waals surface area contributed by atoms with Gasteiger partial charge in [0.25, 0.3) is 0 Å². The minimum Gasteiger partial charge on any atom is -0.393 e. The van der Waals surface area contributed by atoms with Crippen molar-refractivity contribution in [3.8, 4) is 0 Å². The van der Waals surface area contributed by atoms with E-state index in [0.717, 1.165) is 32.0 Å². The lowest BCUT2D eigenvalue weighted by Crippen LogP contribution is -2.56. The Morgan fingerprint density at radius 2 is 1.67 bits per heavy atom. The summed E-state index contributed by atoms with van der Waals surface area (Å²) in [6.07, 6.45) is 3.35. The number of hydrogen-bond acceptors (Lipinski definition) is 3. The van der Waals surface area contributed by atoms with Crippen LogP contribution in [-0.4, -0.2) is 59.8 Å². The molecule has 0 bridgehead atoms. The van der Waals surface area contributed by atoms with Gasteiger partial charge >= 0.3 is 0 Å². The van der Waals surface area contributed by atoms with Crippen molar-refractivity contribution < 1.29 is 5.11 Å². The first-order valence-electron chi connectivity index (χ1n) is 7.59. The normalized spacial score (nSPS) is 44.2. The fourth-order valence-corrected chi connectivity index (χ4v) is 3.67. The molecule has 0 aromatic heterocycles. The van der Waals surface area contributed by atoms with E-state index in [1.807, 2.05) is 0 Å². The van der Waals surface area contributed by atoms with E-state index in [2.05, 4.69) is 37.6 Å². The third kappa shape index (κ3) is 3.25. The highest BCUT2D eigenvalue weighted by Crippen LogP contribution is 2.30. The Morgan fingerprint density at radius 1 is 1.06 bits per heavy atom. The zero-order valence-electron chi connectivity index (χ0n) is 12.5. The number of nitrogens with zero attached hydrogens (tertiary/aromatic N) is 2. The first kappa shape index (κ1) is 14.3. The summed E-state index contributed by atoms with van der Waals surface area (Å²) in [4.78, 5) is 5.04. The summed E-state index contributed by atoms with van der Waals surface area (Å²) in [6, 6.07) is 1.26. The van der Waals surface area contributed by atoms with Gasteiger partial charge in [0.15, 0.2) is 0 Å². The summed E-state index contributed by atoms with van der Waals surface area (Å²) >= 11 is 0. The van der Waals surface area contributed by atoms with Crippen LogP contribution in [0.15, 0.2) is 0 Å². The van der Waals surface area contributed by atoms with E-state index in [0.29, 0.717) is 18.0 Å². The van der Waals surface area contributed by atoms with Gasteiger partial charge in [0.05, 0.1) is 6.10 Å². The van der Waals surface area contributed by atoms with Gasteiger partial charge in [-0.3, -0.25) is 9.80 Å². The molecule has 1 aliphatic carbocycles. The standard InChI is InChI=1S/C15H30N2O/c1-11-5-6-15(18)14(7-11)10-17-8-12(2)16(4)13(3)9-17/h11-15,18H,5-10H2,1-4H3. The molecule has 18 heavy (non-hydrogen) atoms. The Hall–Kier alpha value is -0.120. The molecular weight excluding hydrogens is 224 g/mol. The smallest absolute Gasteiger partial charge is 0.0580 e. The molecule has 0 amide bonds. The van der Waals surface area contributed by atoms with Gasteiger partial charge in [-0.25, -0.2) is 0 Å². The summed E-state index contributed by atoms with van der Waals surface area (Å²) in [7, 11) is 2.23. The molecule has 1 heterocycles. The van der Waals surface area contributed by atoms with Gasteiger partial charge < -0.3 is 5.11 Å². The summed E-state index contributed by atoms with van der Waals surface area (Å²) in [5.41, 5.74) is 0. The molecular formula is C15H30N2O. The fourth-order valence-electron chi connectivity index (χ4n) is 3.67. The summed E-state index contributed by atoms with van der Waals surface area (Å²) < 4.78 is 0. The lowest BCUT2D eigenvalue weighted by Gasteiger charge is -2.44. The maximum absolute atomic E-state index is 10.2. The highest BCUT2D eigenvalue weighted by Gasteiger charge is 2.32. The number of hydrogen-bond donors (Lipinski definition) is 1. The second-order valence-corrected chi connectivity index (χ2v) is 6.83. The van der Waals surface area contributed by atoms with Crippen LogP contribution in [0.25, 0.3) is 0 Å². The molecule has 2 aliphatic rings. The molecule has 0 spiro atoms. The van der Waals surface area contributed by atoms with E-state index in [4.69, 9.17) is 0 Å². The molecule has 3 heteroatoms. The monoisotopic (exact) mass is 254 g/mol. The summed E-state index contributed by atoms with van der Waals surface area (Å²) in [6.45, 7) is 10.3. The topological polar surface area (TPSA) is 26.7 Å². The molecule has 2 fully saturated rings. The molecule has 0 radical (unpaired) electrons. The van der Waals surface area contributed by atoms with Crippen molar-refractivity contribution >= 4 is 0 Å². The molecule has 0 aromatic rings. The van der Waals surface area contributed by atoms with Crippen LogP contribution in [0.4, 0.5) is 0 Å². The Labute approximate surface area is 112 Å². The van der Waals surface area contributed by atoms with Gasteiger partial charge in [-0.15, -0.1) is 0 Å². The van der Waals surface area contributed by atoms with Gasteiger partial charge in [0.2, 0.25) is 0 Å². The second-order valence-electron chi connectivity index (χ2n) is 6.83. The lowest BCUT2D eigenvalue weighted by atomic mass is 9.80. The van der Waals surface area contributed by atoms with E-state index < -0.39 is 0 Å². The quantitative estimate of drug-likeness (QED) is 0.814. The van der Waals surface area contributed by atoms with Crippen molar-refractivity contribution in [3.05, 3.63) is 0 Å². The molecule has 1 N–H and O–H groups in total. The van der Waals surface area contributed by atoms with Crippen LogP contribution in [0.2, 0.25) is 0 Å². The minimum atomic E-state index is -0.0635. The Morgan fingerprint density at radius 3 is 2.28 bits per heavy atom. The molecule has 1 saturated heterocycles. The predicted octanol–water partition coefficient (Wildman–Crippen LogP) is 1.81. The number of aliphatic hydroxyl groups excluding tert-OH is 1. The van der Waals surface area contributed by atoms with E-state index in [1.54, 1.807) is 0 Å². The highest BCUT2D eigenvalue weighted by atomic mass is 16.3. The van der Waals surface area contributed by atoms with Gasteiger partial charge in [0, 0.05) is 31.7 Å². The van der Waals surface area contributed by atoms with Crippen molar-refractivity contribution in [1.82, 2.24) is 9.80 Å².